The van der Waals surface area contributed by atoms with Gasteiger partial charge in [-0.05, 0) is 36.1 Å². The molecule has 3 aromatic rings. The lowest BCUT2D eigenvalue weighted by molar-refractivity contribution is 0.104. The molecule has 0 aliphatic heterocycles. The summed E-state index contributed by atoms with van der Waals surface area (Å²) in [5.41, 5.74) is 6.48. The highest BCUT2D eigenvalue weighted by atomic mass is 35.5. The molecule has 8 heteroatoms. The van der Waals surface area contributed by atoms with Crippen molar-refractivity contribution >= 4 is 45.8 Å². The SMILES string of the molecule is Cc1csc(C(=O)c2c(O)n(C(N)=O)c3ccc(Cl)nc23)c1. The number of aromatic hydroxyl groups is 1. The van der Waals surface area contributed by atoms with Gasteiger partial charge in [0, 0.05) is 0 Å². The van der Waals surface area contributed by atoms with E-state index in [1.54, 1.807) is 6.07 Å². The van der Waals surface area contributed by atoms with E-state index in [9.17, 15) is 14.7 Å². The number of aromatic nitrogens is 2. The van der Waals surface area contributed by atoms with Crippen molar-refractivity contribution in [2.24, 2.45) is 5.73 Å². The van der Waals surface area contributed by atoms with E-state index >= 15 is 0 Å². The molecule has 0 atom stereocenters. The maximum absolute atomic E-state index is 12.6. The third kappa shape index (κ3) is 2.15. The Morgan fingerprint density at radius 2 is 2.14 bits per heavy atom. The lowest BCUT2D eigenvalue weighted by Gasteiger charge is -2.00. The van der Waals surface area contributed by atoms with Crippen LogP contribution in [0.2, 0.25) is 5.15 Å². The summed E-state index contributed by atoms with van der Waals surface area (Å²) in [6.45, 7) is 1.86. The molecule has 0 aliphatic rings. The fourth-order valence-corrected chi connectivity index (χ4v) is 3.22. The largest absolute Gasteiger partial charge is 0.494 e. The van der Waals surface area contributed by atoms with E-state index in [2.05, 4.69) is 4.98 Å². The predicted molar refractivity (Wildman–Crippen MR) is 83.9 cm³/mol. The molecule has 0 saturated carbocycles. The molecule has 0 aromatic carbocycles. The molecule has 0 unspecified atom stereocenters. The standard InChI is InChI=1S/C14H10ClN3O3S/c1-6-4-8(22-5-6)12(19)10-11-7(2-3-9(15)17-11)18(13(10)20)14(16)21/h2-5,20H,1H3,(H2,16,21). The number of pyridine rings is 1. The van der Waals surface area contributed by atoms with Crippen LogP contribution in [0.1, 0.15) is 20.8 Å². The highest BCUT2D eigenvalue weighted by Gasteiger charge is 2.27. The second-order valence-electron chi connectivity index (χ2n) is 4.69. The van der Waals surface area contributed by atoms with Crippen LogP contribution in [0.4, 0.5) is 4.79 Å². The van der Waals surface area contributed by atoms with Gasteiger partial charge in [0.2, 0.25) is 11.7 Å². The summed E-state index contributed by atoms with van der Waals surface area (Å²) >= 11 is 7.10. The summed E-state index contributed by atoms with van der Waals surface area (Å²) in [6, 6.07) is 3.72. The molecule has 3 rings (SSSR count). The number of carbonyl (C=O) groups excluding carboxylic acids is 2. The minimum atomic E-state index is -0.909. The molecule has 3 heterocycles. The molecular formula is C14H10ClN3O3S. The van der Waals surface area contributed by atoms with Gasteiger partial charge in [0.1, 0.15) is 16.2 Å². The molecule has 0 bridgehead atoms. The maximum atomic E-state index is 12.6. The van der Waals surface area contributed by atoms with Gasteiger partial charge < -0.3 is 10.8 Å². The smallest absolute Gasteiger partial charge is 0.326 e. The third-order valence-corrected chi connectivity index (χ3v) is 4.41. The number of carbonyl (C=O) groups is 2. The van der Waals surface area contributed by atoms with Crippen molar-refractivity contribution in [1.82, 2.24) is 9.55 Å². The Bertz CT molecular complexity index is 929. The van der Waals surface area contributed by atoms with Crippen LogP contribution in [0.3, 0.4) is 0 Å². The van der Waals surface area contributed by atoms with E-state index in [1.807, 2.05) is 12.3 Å². The number of amides is 1. The van der Waals surface area contributed by atoms with Crippen LogP contribution in [-0.4, -0.2) is 26.5 Å². The van der Waals surface area contributed by atoms with Crippen molar-refractivity contribution in [3.8, 4) is 5.88 Å². The van der Waals surface area contributed by atoms with Gasteiger partial charge in [-0.25, -0.2) is 14.3 Å². The van der Waals surface area contributed by atoms with Crippen LogP contribution in [0.25, 0.3) is 11.0 Å². The van der Waals surface area contributed by atoms with Gasteiger partial charge >= 0.3 is 6.03 Å². The number of hydrogen-bond donors (Lipinski definition) is 2. The van der Waals surface area contributed by atoms with Crippen molar-refractivity contribution < 1.29 is 14.7 Å². The molecule has 3 aromatic heterocycles. The topological polar surface area (TPSA) is 98.2 Å². The minimum absolute atomic E-state index is 0.0850. The number of hydrogen-bond acceptors (Lipinski definition) is 5. The molecule has 0 radical (unpaired) electrons. The number of ketones is 1. The molecule has 0 spiro atoms. The third-order valence-electron chi connectivity index (χ3n) is 3.15. The second-order valence-corrected chi connectivity index (χ2v) is 5.99. The van der Waals surface area contributed by atoms with Crippen LogP contribution in [0, 0.1) is 6.92 Å². The number of rotatable bonds is 2. The van der Waals surface area contributed by atoms with Gasteiger partial charge in [-0.1, -0.05) is 11.6 Å². The average Bonchev–Trinajstić information content (AvgIpc) is 2.98. The average molecular weight is 336 g/mol. The molecule has 1 amide bonds. The van der Waals surface area contributed by atoms with Crippen molar-refractivity contribution in [3.05, 3.63) is 44.7 Å². The Balaban J connectivity index is 2.33. The number of primary amides is 1. The van der Waals surface area contributed by atoms with E-state index in [0.717, 1.165) is 10.1 Å². The lowest BCUT2D eigenvalue weighted by Crippen LogP contribution is -2.18. The Labute approximate surface area is 133 Å². The monoisotopic (exact) mass is 335 g/mol. The summed E-state index contributed by atoms with van der Waals surface area (Å²) in [5.74, 6) is -0.969. The zero-order valence-corrected chi connectivity index (χ0v) is 12.9. The first-order valence-electron chi connectivity index (χ1n) is 6.19. The molecule has 6 nitrogen and oxygen atoms in total. The fraction of sp³-hybridized carbons (Fsp3) is 0.0714. The first-order chi connectivity index (χ1) is 10.4. The van der Waals surface area contributed by atoms with Gasteiger partial charge in [-0.3, -0.25) is 4.79 Å². The molecular weight excluding hydrogens is 326 g/mol. The van der Waals surface area contributed by atoms with Gasteiger partial charge in [0.25, 0.3) is 0 Å². The van der Waals surface area contributed by atoms with E-state index in [4.69, 9.17) is 17.3 Å². The summed E-state index contributed by atoms with van der Waals surface area (Å²) in [6.07, 6.45) is 0. The van der Waals surface area contributed by atoms with Crippen molar-refractivity contribution in [2.75, 3.05) is 0 Å². The summed E-state index contributed by atoms with van der Waals surface area (Å²) in [4.78, 5) is 28.7. The quantitative estimate of drug-likeness (QED) is 0.555. The van der Waals surface area contributed by atoms with Gasteiger partial charge in [0.15, 0.2) is 0 Å². The van der Waals surface area contributed by atoms with Crippen LogP contribution >= 0.6 is 22.9 Å². The number of thiophene rings is 1. The van der Waals surface area contributed by atoms with E-state index in [0.29, 0.717) is 4.88 Å². The Kier molecular flexibility index (Phi) is 3.38. The summed E-state index contributed by atoms with van der Waals surface area (Å²) < 4.78 is 0.840. The first kappa shape index (κ1) is 14.6. The Morgan fingerprint density at radius 1 is 1.41 bits per heavy atom. The highest BCUT2D eigenvalue weighted by molar-refractivity contribution is 7.12. The van der Waals surface area contributed by atoms with Crippen molar-refractivity contribution in [3.63, 3.8) is 0 Å². The fourth-order valence-electron chi connectivity index (χ4n) is 2.23. The molecule has 0 aliphatic carbocycles. The van der Waals surface area contributed by atoms with Crippen LogP contribution < -0.4 is 5.73 Å². The summed E-state index contributed by atoms with van der Waals surface area (Å²) in [5, 5.41) is 12.2. The molecule has 0 saturated heterocycles. The van der Waals surface area contributed by atoms with Gasteiger partial charge in [-0.15, -0.1) is 11.3 Å². The first-order valence-corrected chi connectivity index (χ1v) is 7.45. The Morgan fingerprint density at radius 3 is 2.73 bits per heavy atom. The van der Waals surface area contributed by atoms with E-state index < -0.39 is 17.7 Å². The highest BCUT2D eigenvalue weighted by Crippen LogP contribution is 2.33. The number of nitrogens with two attached hydrogens (primary N) is 1. The van der Waals surface area contributed by atoms with Gasteiger partial charge in [0.05, 0.1) is 10.4 Å². The van der Waals surface area contributed by atoms with E-state index in [1.165, 1.54) is 23.5 Å². The van der Waals surface area contributed by atoms with E-state index in [-0.39, 0.29) is 21.7 Å². The van der Waals surface area contributed by atoms with Crippen LogP contribution in [0.5, 0.6) is 5.88 Å². The minimum Gasteiger partial charge on any atom is -0.494 e. The number of nitrogens with zero attached hydrogens (tertiary/aromatic N) is 2. The number of fused-ring (bicyclic) bond motifs is 1. The van der Waals surface area contributed by atoms with Crippen LogP contribution in [0.15, 0.2) is 23.6 Å². The number of halogens is 1. The molecule has 22 heavy (non-hydrogen) atoms. The second kappa shape index (κ2) is 5.11. The normalized spacial score (nSPS) is 11.0. The maximum Gasteiger partial charge on any atom is 0.326 e. The number of aryl methyl sites for hydroxylation is 1. The zero-order chi connectivity index (χ0) is 16.0. The van der Waals surface area contributed by atoms with Crippen molar-refractivity contribution in [1.29, 1.82) is 0 Å². The molecule has 112 valence electrons. The lowest BCUT2D eigenvalue weighted by atomic mass is 10.1. The molecule has 0 fully saturated rings. The summed E-state index contributed by atoms with van der Waals surface area (Å²) in [7, 11) is 0. The predicted octanol–water partition coefficient (Wildman–Crippen LogP) is 2.92. The zero-order valence-electron chi connectivity index (χ0n) is 11.3. The van der Waals surface area contributed by atoms with Crippen LogP contribution in [-0.2, 0) is 0 Å². The van der Waals surface area contributed by atoms with Gasteiger partial charge in [-0.2, -0.15) is 0 Å². The van der Waals surface area contributed by atoms with Crippen molar-refractivity contribution in [2.45, 2.75) is 6.92 Å². The molecule has 3 N–H and O–H groups in total. The Hall–Kier alpha value is -2.38.